The molecular weight excluding hydrogens is 778 g/mol. The number of ether oxygens (including phenoxy) is 10. The summed E-state index contributed by atoms with van der Waals surface area (Å²) >= 11 is 0. The lowest BCUT2D eigenvalue weighted by Crippen LogP contribution is -2.61. The maximum Gasteiger partial charge on any atom is 0.420 e. The summed E-state index contributed by atoms with van der Waals surface area (Å²) in [5.41, 5.74) is -3.22. The average Bonchev–Trinajstić information content (AvgIpc) is 3.75. The minimum absolute atomic E-state index is 0.0404. The van der Waals surface area contributed by atoms with Gasteiger partial charge in [-0.05, 0) is 93.5 Å². The second kappa shape index (κ2) is 20.6. The molecule has 16 heteroatoms. The van der Waals surface area contributed by atoms with Gasteiger partial charge in [-0.1, -0.05) is 20.8 Å². The van der Waals surface area contributed by atoms with Crippen LogP contribution >= 0.6 is 0 Å². The van der Waals surface area contributed by atoms with Gasteiger partial charge in [0.05, 0.1) is 41.5 Å². The molecule has 16 nitrogen and oxygen atoms in total. The topological polar surface area (TPSA) is 165 Å². The number of hydrogen-bond acceptors (Lipinski definition) is 15. The number of rotatable bonds is 11. The van der Waals surface area contributed by atoms with E-state index < -0.39 is 95.8 Å². The average molecular weight is 852 g/mol. The van der Waals surface area contributed by atoms with Gasteiger partial charge in [0.25, 0.3) is 0 Å². The first-order valence-electron chi connectivity index (χ1n) is 21.2. The maximum absolute atomic E-state index is 14.7. The Kier molecular flexibility index (Phi) is 17.1. The first-order valence-corrected chi connectivity index (χ1v) is 21.2. The molecule has 0 bridgehead atoms. The van der Waals surface area contributed by atoms with Gasteiger partial charge in [0, 0.05) is 65.1 Å². The highest BCUT2D eigenvalue weighted by Crippen LogP contribution is 2.42. The van der Waals surface area contributed by atoms with Crippen LogP contribution in [0.3, 0.4) is 0 Å². The van der Waals surface area contributed by atoms with Gasteiger partial charge < -0.3 is 52.3 Å². The second-order valence-electron chi connectivity index (χ2n) is 17.9. The monoisotopic (exact) mass is 852 g/mol. The third-order valence-electron chi connectivity index (χ3n) is 13.1. The van der Waals surface area contributed by atoms with E-state index in [1.807, 2.05) is 62.6 Å². The largest absolute Gasteiger partial charge is 0.457 e. The van der Waals surface area contributed by atoms with E-state index in [2.05, 4.69) is 9.88 Å². The number of allylic oxidation sites excluding steroid dienone is 1. The van der Waals surface area contributed by atoms with Crippen molar-refractivity contribution in [3.8, 4) is 0 Å². The summed E-state index contributed by atoms with van der Waals surface area (Å²) < 4.78 is 65.1. The number of nitrogens with zero attached hydrogens (tertiary/aromatic N) is 3. The van der Waals surface area contributed by atoms with Crippen LogP contribution in [0.4, 0.5) is 4.79 Å². The number of carbonyl (C=O) groups excluding carboxylic acids is 3. The molecule has 4 rings (SSSR count). The minimum atomic E-state index is -1.57. The molecule has 2 saturated heterocycles. The first-order chi connectivity index (χ1) is 28.1. The Labute approximate surface area is 357 Å². The fourth-order valence-electron chi connectivity index (χ4n) is 9.63. The van der Waals surface area contributed by atoms with Gasteiger partial charge in [0.2, 0.25) is 0 Å². The van der Waals surface area contributed by atoms with E-state index in [-0.39, 0.29) is 37.2 Å². The zero-order valence-corrected chi connectivity index (χ0v) is 38.8. The number of ketones is 1. The number of methoxy groups -OCH3 is 4. The Hall–Kier alpha value is -2.80. The van der Waals surface area contributed by atoms with Crippen molar-refractivity contribution in [1.29, 1.82) is 0 Å². The quantitative estimate of drug-likeness (QED) is 0.253. The van der Waals surface area contributed by atoms with E-state index in [1.165, 1.54) is 23.3 Å². The van der Waals surface area contributed by atoms with Gasteiger partial charge in [-0.2, -0.15) is 0 Å². The van der Waals surface area contributed by atoms with Gasteiger partial charge >= 0.3 is 12.1 Å². The fourth-order valence-corrected chi connectivity index (χ4v) is 9.63. The lowest BCUT2D eigenvalue weighted by Gasteiger charge is -2.50. The van der Waals surface area contributed by atoms with E-state index in [4.69, 9.17) is 47.4 Å². The number of Topliss-reactive ketones (excluding diaryl/α,β-unsaturated/α-hetero) is 1. The van der Waals surface area contributed by atoms with E-state index in [9.17, 15) is 14.4 Å². The summed E-state index contributed by atoms with van der Waals surface area (Å²) in [5.74, 6) is -3.05. The van der Waals surface area contributed by atoms with Crippen LogP contribution in [-0.2, 0) is 57.0 Å². The van der Waals surface area contributed by atoms with Gasteiger partial charge in [-0.3, -0.25) is 9.59 Å². The lowest BCUT2D eigenvalue weighted by atomic mass is 9.76. The van der Waals surface area contributed by atoms with Crippen LogP contribution in [0.25, 0.3) is 0 Å². The normalized spacial score (nSPS) is 42.2. The molecule has 0 radical (unpaired) electrons. The van der Waals surface area contributed by atoms with Crippen molar-refractivity contribution < 1.29 is 61.8 Å². The predicted octanol–water partition coefficient (Wildman–Crippen LogP) is 5.59. The highest BCUT2D eigenvalue weighted by Gasteiger charge is 2.53. The molecular formula is C44H73N3O13. The zero-order chi connectivity index (χ0) is 44.9. The van der Waals surface area contributed by atoms with E-state index in [1.54, 1.807) is 55.3 Å². The molecule has 3 aliphatic rings. The number of imidazole rings is 1. The van der Waals surface area contributed by atoms with Crippen molar-refractivity contribution in [2.75, 3.05) is 42.5 Å². The van der Waals surface area contributed by atoms with E-state index in [0.717, 1.165) is 0 Å². The number of carbonyl (C=O) groups is 3. The molecule has 4 heterocycles. The van der Waals surface area contributed by atoms with Gasteiger partial charge in [-0.25, -0.2) is 14.3 Å². The van der Waals surface area contributed by atoms with Crippen LogP contribution in [0.1, 0.15) is 94.9 Å². The van der Waals surface area contributed by atoms with Gasteiger partial charge in [0.15, 0.2) is 24.0 Å². The number of hydrogen-bond donors (Lipinski definition) is 0. The third kappa shape index (κ3) is 10.9. The van der Waals surface area contributed by atoms with Crippen molar-refractivity contribution in [1.82, 2.24) is 14.5 Å². The number of cyclic esters (lactones) is 1. The Balaban J connectivity index is 1.91. The number of aromatic nitrogens is 2. The minimum Gasteiger partial charge on any atom is -0.457 e. The van der Waals surface area contributed by atoms with Crippen molar-refractivity contribution in [3.63, 3.8) is 0 Å². The number of esters is 1. The van der Waals surface area contributed by atoms with Crippen LogP contribution in [0.15, 0.2) is 30.4 Å². The molecule has 0 unspecified atom stereocenters. The summed E-state index contributed by atoms with van der Waals surface area (Å²) in [4.78, 5) is 48.7. The Bertz CT molecular complexity index is 1610. The summed E-state index contributed by atoms with van der Waals surface area (Å²) in [7, 11) is 10.4. The molecule has 1 aromatic heterocycles. The van der Waals surface area contributed by atoms with Crippen LogP contribution in [-0.4, -0.2) is 153 Å². The Morgan fingerprint density at radius 3 is 2.12 bits per heavy atom. The molecule has 60 heavy (non-hydrogen) atoms. The second-order valence-corrected chi connectivity index (χ2v) is 17.9. The molecule has 3 aliphatic heterocycles. The van der Waals surface area contributed by atoms with Crippen molar-refractivity contribution in [2.45, 2.75) is 173 Å². The zero-order valence-electron chi connectivity index (χ0n) is 38.8. The molecule has 0 N–H and O–H groups in total. The van der Waals surface area contributed by atoms with Gasteiger partial charge in [-0.15, -0.1) is 0 Å². The fraction of sp³-hybridized carbons (Fsp3) is 0.818. The number of likely N-dealkylation sites (N-methyl/N-ethyl adjacent to an activating group) is 1. The molecule has 0 spiro atoms. The lowest BCUT2D eigenvalue weighted by molar-refractivity contribution is -0.322. The standard InChI is InChI=1S/C44H73N3O13/c1-17-32-42(8,60-41(50)47-19-18-45-24-47)21-25(2)34(48)26(3)22-43(9,53-15)37(59-40-36(51-13)31(46(11)12)20-27(4)55-40)28(5)35(29(6)39(49)57-32)58-33-23-44(10,54-16)38(52-14)30(7)56-33/h18-19,21,24,26-33,35-38,40H,17,20,22-23H2,1-16H3/b25-21+/t26-,27-,28+,29-,30+,31+,32-,33+,35+,36-,37-,38+,40+,42+,43-,44-/m1/s1. The van der Waals surface area contributed by atoms with E-state index >= 15 is 0 Å². The third-order valence-corrected chi connectivity index (χ3v) is 13.1. The summed E-state index contributed by atoms with van der Waals surface area (Å²) in [6.45, 7) is 18.4. The highest BCUT2D eigenvalue weighted by molar-refractivity contribution is 5.96. The molecule has 0 aliphatic carbocycles. The molecule has 0 aromatic carbocycles. The molecule has 2 fully saturated rings. The summed E-state index contributed by atoms with van der Waals surface area (Å²) in [6.07, 6.45) is 0.439. The molecule has 342 valence electrons. The molecule has 0 saturated carbocycles. The molecule has 0 amide bonds. The predicted molar refractivity (Wildman–Crippen MR) is 221 cm³/mol. The van der Waals surface area contributed by atoms with Crippen molar-refractivity contribution in [2.24, 2.45) is 17.8 Å². The smallest absolute Gasteiger partial charge is 0.420 e. The first kappa shape index (κ1) is 49.9. The summed E-state index contributed by atoms with van der Waals surface area (Å²) in [5, 5.41) is 0. The highest BCUT2D eigenvalue weighted by atomic mass is 16.7. The maximum atomic E-state index is 14.7. The van der Waals surface area contributed by atoms with E-state index in [0.29, 0.717) is 12.0 Å². The summed E-state index contributed by atoms with van der Waals surface area (Å²) in [6, 6.07) is -0.0404. The van der Waals surface area contributed by atoms with Crippen LogP contribution in [0, 0.1) is 17.8 Å². The van der Waals surface area contributed by atoms with Crippen LogP contribution < -0.4 is 0 Å². The van der Waals surface area contributed by atoms with Crippen LogP contribution in [0.5, 0.6) is 0 Å². The SMILES string of the molecule is CC[C@H]1OC(=O)[C@H](C)[C@@H](O[C@H]2C[C@@](C)(OC)[C@@H](OC)[C@H](C)O2)[C@H](C)[C@@H](O[C@@H]2O[C@H](C)C[C@H](N(C)C)[C@H]2OC)[C@](C)(OC)C[C@@H](C)C(=O)/C(C)=C/[C@]1(C)OC(=O)n1ccnc1. The van der Waals surface area contributed by atoms with Crippen molar-refractivity contribution in [3.05, 3.63) is 30.4 Å². The Morgan fingerprint density at radius 1 is 0.917 bits per heavy atom. The van der Waals surface area contributed by atoms with Crippen molar-refractivity contribution >= 4 is 17.8 Å². The Morgan fingerprint density at radius 2 is 1.57 bits per heavy atom. The van der Waals surface area contributed by atoms with Crippen LogP contribution in [0.2, 0.25) is 0 Å². The van der Waals surface area contributed by atoms with Gasteiger partial charge in [0.1, 0.15) is 24.6 Å². The molecule has 16 atom stereocenters. The molecule has 1 aromatic rings.